The second kappa shape index (κ2) is 7.77. The van der Waals surface area contributed by atoms with E-state index in [1.54, 1.807) is 24.4 Å². The van der Waals surface area contributed by atoms with Crippen molar-refractivity contribution < 1.29 is 5.11 Å². The smallest absolute Gasteiger partial charge is 0.229 e. The summed E-state index contributed by atoms with van der Waals surface area (Å²) in [6, 6.07) is 18.5. The molecule has 122 valence electrons. The molecule has 3 rings (SSSR count). The molecule has 0 radical (unpaired) electrons. The van der Waals surface area contributed by atoms with Crippen LogP contribution in [-0.4, -0.2) is 21.6 Å². The molecule has 0 spiro atoms. The molecule has 6 heteroatoms. The zero-order chi connectivity index (χ0) is 16.8. The Bertz CT molecular complexity index is 781. The zero-order valence-electron chi connectivity index (χ0n) is 12.9. The number of benzene rings is 2. The van der Waals surface area contributed by atoms with Crippen LogP contribution in [0, 0.1) is 0 Å². The van der Waals surface area contributed by atoms with Gasteiger partial charge in [0.05, 0.1) is 6.10 Å². The molecule has 3 N–H and O–H groups in total. The molecule has 0 fully saturated rings. The molecule has 24 heavy (non-hydrogen) atoms. The van der Waals surface area contributed by atoms with Crippen molar-refractivity contribution in [2.75, 3.05) is 17.2 Å². The molecule has 0 bridgehead atoms. The molecule has 0 aliphatic rings. The fourth-order valence-electron chi connectivity index (χ4n) is 2.17. The van der Waals surface area contributed by atoms with E-state index in [0.29, 0.717) is 23.3 Å². The van der Waals surface area contributed by atoms with Crippen molar-refractivity contribution in [2.24, 2.45) is 0 Å². The van der Waals surface area contributed by atoms with Gasteiger partial charge in [-0.1, -0.05) is 41.9 Å². The van der Waals surface area contributed by atoms with Gasteiger partial charge >= 0.3 is 0 Å². The molecule has 0 aliphatic carbocycles. The van der Waals surface area contributed by atoms with Gasteiger partial charge in [-0.2, -0.15) is 4.98 Å². The van der Waals surface area contributed by atoms with E-state index < -0.39 is 6.10 Å². The first-order valence-corrected chi connectivity index (χ1v) is 7.91. The number of nitrogens with zero attached hydrogens (tertiary/aromatic N) is 2. The number of hydrogen-bond donors (Lipinski definition) is 3. The van der Waals surface area contributed by atoms with E-state index in [9.17, 15) is 5.11 Å². The molecule has 0 saturated heterocycles. The number of nitrogens with one attached hydrogen (secondary N) is 2. The number of aromatic nitrogens is 2. The summed E-state index contributed by atoms with van der Waals surface area (Å²) in [6.45, 7) is 0.363. The van der Waals surface area contributed by atoms with Crippen molar-refractivity contribution in [3.8, 4) is 0 Å². The zero-order valence-corrected chi connectivity index (χ0v) is 13.6. The van der Waals surface area contributed by atoms with Crippen LogP contribution in [0.25, 0.3) is 0 Å². The minimum atomic E-state index is -0.603. The first kappa shape index (κ1) is 16.2. The van der Waals surface area contributed by atoms with E-state index >= 15 is 0 Å². The van der Waals surface area contributed by atoms with Gasteiger partial charge in [0.25, 0.3) is 0 Å². The molecule has 0 amide bonds. The van der Waals surface area contributed by atoms with E-state index in [-0.39, 0.29) is 0 Å². The third-order valence-electron chi connectivity index (χ3n) is 3.42. The largest absolute Gasteiger partial charge is 0.387 e. The molecular formula is C18H17ClN4O. The number of rotatable bonds is 6. The highest BCUT2D eigenvalue weighted by Crippen LogP contribution is 2.18. The first-order chi connectivity index (χ1) is 11.7. The highest BCUT2D eigenvalue weighted by atomic mass is 35.5. The highest BCUT2D eigenvalue weighted by Gasteiger charge is 2.07. The summed E-state index contributed by atoms with van der Waals surface area (Å²) in [5.41, 5.74) is 1.71. The van der Waals surface area contributed by atoms with Gasteiger partial charge in [-0.25, -0.2) is 4.98 Å². The maximum Gasteiger partial charge on any atom is 0.229 e. The number of aliphatic hydroxyl groups excluding tert-OH is 1. The van der Waals surface area contributed by atoms with Crippen molar-refractivity contribution in [1.82, 2.24) is 9.97 Å². The third kappa shape index (κ3) is 4.44. The van der Waals surface area contributed by atoms with Crippen molar-refractivity contribution in [3.63, 3.8) is 0 Å². The average molecular weight is 341 g/mol. The summed E-state index contributed by atoms with van der Waals surface area (Å²) in [4.78, 5) is 8.56. The first-order valence-electron chi connectivity index (χ1n) is 7.53. The maximum atomic E-state index is 10.2. The van der Waals surface area contributed by atoms with Gasteiger partial charge in [0.15, 0.2) is 0 Å². The normalized spacial score (nSPS) is 11.8. The van der Waals surface area contributed by atoms with Gasteiger partial charge in [0.1, 0.15) is 5.82 Å². The van der Waals surface area contributed by atoms with Crippen molar-refractivity contribution in [3.05, 3.63) is 77.4 Å². The lowest BCUT2D eigenvalue weighted by Gasteiger charge is -2.13. The van der Waals surface area contributed by atoms with Crippen molar-refractivity contribution >= 4 is 29.1 Å². The fraction of sp³-hybridized carbons (Fsp3) is 0.111. The summed E-state index contributed by atoms with van der Waals surface area (Å²) in [7, 11) is 0. The lowest BCUT2D eigenvalue weighted by molar-refractivity contribution is 0.191. The molecule has 1 aromatic heterocycles. The third-order valence-corrected chi connectivity index (χ3v) is 3.67. The topological polar surface area (TPSA) is 70.1 Å². The molecule has 0 aliphatic heterocycles. The highest BCUT2D eigenvalue weighted by molar-refractivity contribution is 6.30. The lowest BCUT2D eigenvalue weighted by atomic mass is 10.1. The molecule has 5 nitrogen and oxygen atoms in total. The van der Waals surface area contributed by atoms with Crippen LogP contribution in [0.1, 0.15) is 11.7 Å². The quantitative estimate of drug-likeness (QED) is 0.632. The Morgan fingerprint density at radius 1 is 1.00 bits per heavy atom. The van der Waals surface area contributed by atoms with E-state index in [0.717, 1.165) is 11.3 Å². The predicted molar refractivity (Wildman–Crippen MR) is 96.7 cm³/mol. The summed E-state index contributed by atoms with van der Waals surface area (Å²) in [5.74, 6) is 1.10. The van der Waals surface area contributed by atoms with Gasteiger partial charge < -0.3 is 15.7 Å². The Morgan fingerprint density at radius 2 is 1.75 bits per heavy atom. The molecule has 0 saturated carbocycles. The standard InChI is InChI=1S/C18H17ClN4O/c19-14-6-8-15(9-7-14)22-18-20-11-10-17(23-18)21-12-16(24)13-4-2-1-3-5-13/h1-11,16,24H,12H2,(H2,20,21,22,23). The number of anilines is 3. The van der Waals surface area contributed by atoms with Gasteiger partial charge in [0, 0.05) is 23.5 Å². The van der Waals surface area contributed by atoms with Gasteiger partial charge in [-0.05, 0) is 35.9 Å². The Kier molecular flexibility index (Phi) is 5.25. The van der Waals surface area contributed by atoms with Gasteiger partial charge in [-0.3, -0.25) is 0 Å². The van der Waals surface area contributed by atoms with Gasteiger partial charge in [0.2, 0.25) is 5.95 Å². The molecular weight excluding hydrogens is 324 g/mol. The molecule has 1 unspecified atom stereocenters. The van der Waals surface area contributed by atoms with E-state index in [2.05, 4.69) is 20.6 Å². The van der Waals surface area contributed by atoms with Crippen LogP contribution in [0.5, 0.6) is 0 Å². The summed E-state index contributed by atoms with van der Waals surface area (Å²) in [6.07, 6.45) is 1.05. The number of halogens is 1. The molecule has 1 heterocycles. The van der Waals surface area contributed by atoms with Crippen LogP contribution in [0.4, 0.5) is 17.5 Å². The Hall–Kier alpha value is -2.63. The van der Waals surface area contributed by atoms with Gasteiger partial charge in [-0.15, -0.1) is 0 Å². The minimum absolute atomic E-state index is 0.363. The van der Waals surface area contributed by atoms with Crippen LogP contribution in [0.15, 0.2) is 66.9 Å². The SMILES string of the molecule is OC(CNc1ccnc(Nc2ccc(Cl)cc2)n1)c1ccccc1. The second-order valence-electron chi connectivity index (χ2n) is 5.20. The van der Waals surface area contributed by atoms with Crippen LogP contribution >= 0.6 is 11.6 Å². The van der Waals surface area contributed by atoms with Crippen molar-refractivity contribution in [1.29, 1.82) is 0 Å². The molecule has 1 atom stereocenters. The summed E-state index contributed by atoms with van der Waals surface area (Å²) < 4.78 is 0. The van der Waals surface area contributed by atoms with Crippen LogP contribution < -0.4 is 10.6 Å². The Balaban J connectivity index is 1.62. The predicted octanol–water partition coefficient (Wildman–Crippen LogP) is 4.02. The lowest BCUT2D eigenvalue weighted by Crippen LogP contribution is -2.13. The van der Waals surface area contributed by atoms with E-state index in [1.165, 1.54) is 0 Å². The Labute approximate surface area is 145 Å². The summed E-state index contributed by atoms with van der Waals surface area (Å²) >= 11 is 5.87. The maximum absolute atomic E-state index is 10.2. The Morgan fingerprint density at radius 3 is 2.50 bits per heavy atom. The van der Waals surface area contributed by atoms with Crippen LogP contribution in [0.2, 0.25) is 5.02 Å². The van der Waals surface area contributed by atoms with Crippen molar-refractivity contribution in [2.45, 2.75) is 6.10 Å². The van der Waals surface area contributed by atoms with Crippen LogP contribution in [0.3, 0.4) is 0 Å². The average Bonchev–Trinajstić information content (AvgIpc) is 2.63. The number of hydrogen-bond acceptors (Lipinski definition) is 5. The molecule has 3 aromatic rings. The summed E-state index contributed by atoms with van der Waals surface area (Å²) in [5, 5.41) is 17.1. The second-order valence-corrected chi connectivity index (χ2v) is 5.64. The number of aliphatic hydroxyl groups is 1. The molecule has 2 aromatic carbocycles. The monoisotopic (exact) mass is 340 g/mol. The van der Waals surface area contributed by atoms with Crippen LogP contribution in [-0.2, 0) is 0 Å². The van der Waals surface area contributed by atoms with E-state index in [1.807, 2.05) is 42.5 Å². The van der Waals surface area contributed by atoms with E-state index in [4.69, 9.17) is 11.6 Å². The minimum Gasteiger partial charge on any atom is -0.387 e. The fourth-order valence-corrected chi connectivity index (χ4v) is 2.30.